The third kappa shape index (κ3) is 3.80. The Morgan fingerprint density at radius 2 is 1.76 bits per heavy atom. The lowest BCUT2D eigenvalue weighted by Crippen LogP contribution is -2.26. The lowest BCUT2D eigenvalue weighted by molar-refractivity contribution is 0.268. The molecule has 2 aromatic carbocycles. The highest BCUT2D eigenvalue weighted by Gasteiger charge is 2.38. The molecule has 2 N–H and O–H groups in total. The van der Waals surface area contributed by atoms with Crippen molar-refractivity contribution in [2.45, 2.75) is 25.7 Å². The number of allylic oxidation sites excluding steroid dienone is 3. The van der Waals surface area contributed by atoms with Crippen LogP contribution < -0.4 is 5.73 Å². The molecule has 1 aliphatic carbocycles. The molecule has 0 saturated carbocycles. The van der Waals surface area contributed by atoms with Gasteiger partial charge in [0.1, 0.15) is 17.4 Å². The summed E-state index contributed by atoms with van der Waals surface area (Å²) < 4.78 is 8.08. The molecule has 1 aliphatic heterocycles. The van der Waals surface area contributed by atoms with Crippen molar-refractivity contribution in [3.05, 3.63) is 97.0 Å². The van der Waals surface area contributed by atoms with Crippen molar-refractivity contribution in [3.63, 3.8) is 0 Å². The van der Waals surface area contributed by atoms with Crippen LogP contribution in [0, 0.1) is 17.2 Å². The van der Waals surface area contributed by atoms with Gasteiger partial charge in [-0.05, 0) is 59.2 Å². The molecule has 1 heterocycles. The standard InChI is InChI=1S/C24H20Br2N2O/c1-14-10-16(12-15-6-2-4-8-20(15)25)23-18(11-14)22(19(13-27)24(28)29-23)17-7-3-5-9-21(17)26/h2-9,12,14,22H,10-11,28H2,1H3/b16-12+. The lowest BCUT2D eigenvalue weighted by Gasteiger charge is -2.36. The Balaban J connectivity index is 1.91. The third-order valence-electron chi connectivity index (χ3n) is 5.41. The number of nitrogens with zero attached hydrogens (tertiary/aromatic N) is 1. The second kappa shape index (κ2) is 8.22. The van der Waals surface area contributed by atoms with E-state index in [1.54, 1.807) is 0 Å². The van der Waals surface area contributed by atoms with Crippen molar-refractivity contribution in [3.8, 4) is 6.07 Å². The summed E-state index contributed by atoms with van der Waals surface area (Å²) in [7, 11) is 0. The van der Waals surface area contributed by atoms with E-state index in [9.17, 15) is 5.26 Å². The molecule has 2 aromatic rings. The van der Waals surface area contributed by atoms with Crippen LogP contribution in [-0.4, -0.2) is 0 Å². The molecule has 0 amide bonds. The summed E-state index contributed by atoms with van der Waals surface area (Å²) in [6.45, 7) is 2.24. The van der Waals surface area contributed by atoms with Crippen molar-refractivity contribution in [1.82, 2.24) is 0 Å². The molecule has 0 fully saturated rings. The maximum absolute atomic E-state index is 9.85. The Kier molecular flexibility index (Phi) is 5.67. The van der Waals surface area contributed by atoms with E-state index in [-0.39, 0.29) is 11.8 Å². The third-order valence-corrected chi connectivity index (χ3v) is 6.85. The van der Waals surface area contributed by atoms with Crippen LogP contribution in [-0.2, 0) is 4.74 Å². The molecule has 29 heavy (non-hydrogen) atoms. The first-order valence-corrected chi connectivity index (χ1v) is 11.1. The molecule has 3 nitrogen and oxygen atoms in total. The zero-order valence-corrected chi connectivity index (χ0v) is 19.1. The average Bonchev–Trinajstić information content (AvgIpc) is 2.70. The Morgan fingerprint density at radius 3 is 2.45 bits per heavy atom. The quantitative estimate of drug-likeness (QED) is 0.483. The minimum absolute atomic E-state index is 0.194. The van der Waals surface area contributed by atoms with Crippen molar-refractivity contribution >= 4 is 37.9 Å². The molecule has 0 radical (unpaired) electrons. The van der Waals surface area contributed by atoms with E-state index in [1.807, 2.05) is 42.5 Å². The first kappa shape index (κ1) is 20.0. The SMILES string of the molecule is CC1CC2=C(OC(N)=C(C#N)C2c2ccccc2Br)/C(=C/c2ccccc2Br)C1. The minimum Gasteiger partial charge on any atom is -0.440 e. The summed E-state index contributed by atoms with van der Waals surface area (Å²) in [4.78, 5) is 0. The summed E-state index contributed by atoms with van der Waals surface area (Å²) in [5, 5.41) is 9.85. The Bertz CT molecular complexity index is 1110. The zero-order chi connectivity index (χ0) is 20.5. The Hall–Kier alpha value is -2.29. The largest absolute Gasteiger partial charge is 0.440 e. The monoisotopic (exact) mass is 510 g/mol. The Labute approximate surface area is 187 Å². The van der Waals surface area contributed by atoms with E-state index in [1.165, 1.54) is 0 Å². The fourth-order valence-electron chi connectivity index (χ4n) is 4.15. The van der Waals surface area contributed by atoms with Gasteiger partial charge in [0, 0.05) is 8.95 Å². The van der Waals surface area contributed by atoms with Gasteiger partial charge in [-0.2, -0.15) is 5.26 Å². The maximum Gasteiger partial charge on any atom is 0.205 e. The smallest absolute Gasteiger partial charge is 0.205 e. The summed E-state index contributed by atoms with van der Waals surface area (Å²) in [5.74, 6) is 1.25. The number of hydrogen-bond donors (Lipinski definition) is 1. The highest BCUT2D eigenvalue weighted by molar-refractivity contribution is 9.10. The van der Waals surface area contributed by atoms with Crippen LogP contribution >= 0.6 is 31.9 Å². The fourth-order valence-corrected chi connectivity index (χ4v) is 5.07. The second-order valence-electron chi connectivity index (χ2n) is 7.51. The van der Waals surface area contributed by atoms with Gasteiger partial charge in [0.05, 0.1) is 5.92 Å². The van der Waals surface area contributed by atoms with E-state index in [0.717, 1.165) is 49.8 Å². The summed E-state index contributed by atoms with van der Waals surface area (Å²) in [6.07, 6.45) is 3.93. The van der Waals surface area contributed by atoms with Gasteiger partial charge in [0.25, 0.3) is 0 Å². The van der Waals surface area contributed by atoms with Crippen LogP contribution in [0.2, 0.25) is 0 Å². The Morgan fingerprint density at radius 1 is 1.07 bits per heavy atom. The molecule has 2 unspecified atom stereocenters. The van der Waals surface area contributed by atoms with Crippen LogP contribution in [0.5, 0.6) is 0 Å². The van der Waals surface area contributed by atoms with E-state index < -0.39 is 0 Å². The molecule has 146 valence electrons. The van der Waals surface area contributed by atoms with E-state index >= 15 is 0 Å². The van der Waals surface area contributed by atoms with Crippen LogP contribution in [0.4, 0.5) is 0 Å². The average molecular weight is 512 g/mol. The van der Waals surface area contributed by atoms with Crippen LogP contribution in [0.1, 0.15) is 36.8 Å². The van der Waals surface area contributed by atoms with Gasteiger partial charge in [0.2, 0.25) is 5.88 Å². The molecule has 0 saturated heterocycles. The molecule has 0 bridgehead atoms. The molecular weight excluding hydrogens is 492 g/mol. The second-order valence-corrected chi connectivity index (χ2v) is 9.21. The molecule has 0 spiro atoms. The van der Waals surface area contributed by atoms with Gasteiger partial charge >= 0.3 is 0 Å². The number of nitrogens with two attached hydrogens (primary N) is 1. The van der Waals surface area contributed by atoms with Crippen molar-refractivity contribution in [2.24, 2.45) is 11.7 Å². The van der Waals surface area contributed by atoms with Crippen LogP contribution in [0.15, 0.2) is 85.8 Å². The number of halogens is 2. The van der Waals surface area contributed by atoms with Crippen LogP contribution in [0.25, 0.3) is 6.08 Å². The summed E-state index contributed by atoms with van der Waals surface area (Å²) in [6, 6.07) is 18.4. The number of rotatable bonds is 2. The predicted molar refractivity (Wildman–Crippen MR) is 122 cm³/mol. The van der Waals surface area contributed by atoms with Crippen molar-refractivity contribution in [2.75, 3.05) is 0 Å². The first-order valence-electron chi connectivity index (χ1n) is 9.50. The summed E-state index contributed by atoms with van der Waals surface area (Å²) >= 11 is 7.29. The highest BCUT2D eigenvalue weighted by Crippen LogP contribution is 2.49. The highest BCUT2D eigenvalue weighted by atomic mass is 79.9. The predicted octanol–water partition coefficient (Wildman–Crippen LogP) is 6.79. The maximum atomic E-state index is 9.85. The van der Waals surface area contributed by atoms with Crippen LogP contribution in [0.3, 0.4) is 0 Å². The number of hydrogen-bond acceptors (Lipinski definition) is 3. The van der Waals surface area contributed by atoms with E-state index in [4.69, 9.17) is 10.5 Å². The van der Waals surface area contributed by atoms with Crippen molar-refractivity contribution in [1.29, 1.82) is 5.26 Å². The topological polar surface area (TPSA) is 59.0 Å². The molecule has 4 rings (SSSR count). The zero-order valence-electron chi connectivity index (χ0n) is 16.0. The molecular formula is C24H20Br2N2O. The normalized spacial score (nSPS) is 22.9. The van der Waals surface area contributed by atoms with Gasteiger partial charge in [-0.3, -0.25) is 0 Å². The lowest BCUT2D eigenvalue weighted by atomic mass is 9.74. The summed E-state index contributed by atoms with van der Waals surface area (Å²) in [5.41, 5.74) is 11.1. The van der Waals surface area contributed by atoms with E-state index in [2.05, 4.69) is 57.0 Å². The number of ether oxygens (including phenoxy) is 1. The molecule has 2 aliphatic rings. The van der Waals surface area contributed by atoms with Gasteiger partial charge in [-0.15, -0.1) is 0 Å². The number of nitriles is 1. The number of benzene rings is 2. The molecule has 5 heteroatoms. The fraction of sp³-hybridized carbons (Fsp3) is 0.208. The molecule has 0 aromatic heterocycles. The van der Waals surface area contributed by atoms with Gasteiger partial charge in [0.15, 0.2) is 0 Å². The van der Waals surface area contributed by atoms with Crippen molar-refractivity contribution < 1.29 is 4.74 Å². The first-order chi connectivity index (χ1) is 14.0. The van der Waals surface area contributed by atoms with Gasteiger partial charge in [-0.1, -0.05) is 75.2 Å². The van der Waals surface area contributed by atoms with Gasteiger partial charge < -0.3 is 10.5 Å². The minimum atomic E-state index is -0.204. The molecule has 2 atom stereocenters. The van der Waals surface area contributed by atoms with Gasteiger partial charge in [-0.25, -0.2) is 0 Å². The van der Waals surface area contributed by atoms with E-state index in [0.29, 0.717) is 11.5 Å².